The molecule has 1 aromatic rings. The Hall–Kier alpha value is -0.950. The highest BCUT2D eigenvalue weighted by Gasteiger charge is 2.43. The molecule has 0 bridgehead atoms. The Bertz CT molecular complexity index is 677. The van der Waals surface area contributed by atoms with E-state index in [-0.39, 0.29) is 17.4 Å². The van der Waals surface area contributed by atoms with Gasteiger partial charge in [0.15, 0.2) is 0 Å². The minimum Gasteiger partial charge on any atom is -0.373 e. The van der Waals surface area contributed by atoms with Crippen LogP contribution in [0.5, 0.6) is 0 Å². The van der Waals surface area contributed by atoms with Gasteiger partial charge < -0.3 is 4.74 Å². The number of rotatable bonds is 5. The molecule has 1 aromatic carbocycles. The predicted octanol–water partition coefficient (Wildman–Crippen LogP) is 2.06. The fourth-order valence-electron chi connectivity index (χ4n) is 3.88. The number of hydrogen-bond acceptors (Lipinski definition) is 4. The van der Waals surface area contributed by atoms with Gasteiger partial charge in [-0.05, 0) is 38.7 Å². The van der Waals surface area contributed by atoms with Crippen molar-refractivity contribution >= 4 is 10.0 Å². The average Bonchev–Trinajstić information content (AvgIpc) is 2.89. The predicted molar refractivity (Wildman–Crippen MR) is 95.4 cm³/mol. The molecule has 3 rings (SSSR count). The van der Waals surface area contributed by atoms with Crippen molar-refractivity contribution in [3.63, 3.8) is 0 Å². The van der Waals surface area contributed by atoms with E-state index >= 15 is 0 Å². The lowest BCUT2D eigenvalue weighted by atomic mass is 9.90. The van der Waals surface area contributed by atoms with Crippen LogP contribution in [0.25, 0.3) is 0 Å². The number of benzene rings is 1. The topological polar surface area (TPSA) is 58.6 Å². The van der Waals surface area contributed by atoms with Gasteiger partial charge in [0.05, 0.1) is 11.4 Å². The Morgan fingerprint density at radius 3 is 3.00 bits per heavy atom. The Morgan fingerprint density at radius 1 is 1.42 bits per heavy atom. The van der Waals surface area contributed by atoms with Crippen molar-refractivity contribution in [3.8, 4) is 0 Å². The molecule has 2 aliphatic rings. The van der Waals surface area contributed by atoms with Crippen LogP contribution in [0.4, 0.5) is 0 Å². The molecule has 0 aliphatic carbocycles. The van der Waals surface area contributed by atoms with Crippen LogP contribution in [0, 0.1) is 6.92 Å². The molecule has 6 heteroatoms. The Labute approximate surface area is 145 Å². The Kier molecular flexibility index (Phi) is 5.30. The highest BCUT2D eigenvalue weighted by atomic mass is 32.2. The third-order valence-corrected chi connectivity index (χ3v) is 6.56. The van der Waals surface area contributed by atoms with Gasteiger partial charge in [-0.2, -0.15) is 0 Å². The van der Waals surface area contributed by atoms with Gasteiger partial charge in [-0.15, -0.1) is 0 Å². The lowest BCUT2D eigenvalue weighted by Crippen LogP contribution is -2.50. The van der Waals surface area contributed by atoms with Crippen LogP contribution >= 0.6 is 0 Å². The Morgan fingerprint density at radius 2 is 2.25 bits per heavy atom. The third kappa shape index (κ3) is 4.36. The molecule has 0 unspecified atom stereocenters. The highest BCUT2D eigenvalue weighted by Crippen LogP contribution is 2.35. The van der Waals surface area contributed by atoms with Gasteiger partial charge in [0.1, 0.15) is 0 Å². The number of sulfonamides is 1. The van der Waals surface area contributed by atoms with Crippen LogP contribution in [-0.4, -0.2) is 50.4 Å². The summed E-state index contributed by atoms with van der Waals surface area (Å²) in [4.78, 5) is 2.42. The van der Waals surface area contributed by atoms with Gasteiger partial charge in [0.2, 0.25) is 10.0 Å². The molecule has 0 aromatic heterocycles. The zero-order valence-electron chi connectivity index (χ0n) is 14.6. The van der Waals surface area contributed by atoms with E-state index in [2.05, 4.69) is 40.8 Å². The van der Waals surface area contributed by atoms with Gasteiger partial charge in [0.25, 0.3) is 0 Å². The molecule has 0 radical (unpaired) electrons. The summed E-state index contributed by atoms with van der Waals surface area (Å²) in [5.41, 5.74) is 2.42. The molecule has 0 amide bonds. The molecule has 134 valence electrons. The van der Waals surface area contributed by atoms with Crippen LogP contribution in [0.2, 0.25) is 0 Å². The van der Waals surface area contributed by atoms with Crippen molar-refractivity contribution in [1.29, 1.82) is 0 Å². The van der Waals surface area contributed by atoms with Gasteiger partial charge in [-0.3, -0.25) is 4.90 Å². The normalized spacial score (nSPS) is 28.5. The summed E-state index contributed by atoms with van der Waals surface area (Å²) in [6.45, 7) is 7.24. The van der Waals surface area contributed by atoms with Crippen molar-refractivity contribution in [2.24, 2.45) is 0 Å². The standard InChI is InChI=1S/C18H28N2O3S/c1-3-24(21,22)19-17-7-10-23-18(12-17)8-9-20(14-18)13-16-6-4-5-15(2)11-16/h4-6,11,17,19H,3,7-10,12-14H2,1-2H3/t17-,18-/m1/s1. The monoisotopic (exact) mass is 352 g/mol. The minimum absolute atomic E-state index is 0.00243. The van der Waals surface area contributed by atoms with E-state index in [9.17, 15) is 8.42 Å². The summed E-state index contributed by atoms with van der Waals surface area (Å²) < 4.78 is 32.7. The van der Waals surface area contributed by atoms with Crippen LogP contribution in [0.1, 0.15) is 37.3 Å². The number of likely N-dealkylation sites (tertiary alicyclic amines) is 1. The highest BCUT2D eigenvalue weighted by molar-refractivity contribution is 7.89. The summed E-state index contributed by atoms with van der Waals surface area (Å²) in [7, 11) is -3.15. The number of ether oxygens (including phenoxy) is 1. The quantitative estimate of drug-likeness (QED) is 0.881. The zero-order valence-corrected chi connectivity index (χ0v) is 15.4. The van der Waals surface area contributed by atoms with Crippen LogP contribution in [0.3, 0.4) is 0 Å². The van der Waals surface area contributed by atoms with E-state index in [0.717, 1.165) is 38.9 Å². The molecule has 2 saturated heterocycles. The second-order valence-electron chi connectivity index (χ2n) is 7.19. The number of hydrogen-bond donors (Lipinski definition) is 1. The van der Waals surface area contributed by atoms with Crippen molar-refractivity contribution < 1.29 is 13.2 Å². The van der Waals surface area contributed by atoms with Gasteiger partial charge in [0, 0.05) is 32.3 Å². The van der Waals surface area contributed by atoms with E-state index in [4.69, 9.17) is 4.74 Å². The van der Waals surface area contributed by atoms with Crippen LogP contribution in [0.15, 0.2) is 24.3 Å². The lowest BCUT2D eigenvalue weighted by Gasteiger charge is -2.38. The minimum atomic E-state index is -3.15. The van der Waals surface area contributed by atoms with E-state index in [1.54, 1.807) is 6.92 Å². The molecule has 1 N–H and O–H groups in total. The van der Waals surface area contributed by atoms with Crippen molar-refractivity contribution in [3.05, 3.63) is 35.4 Å². The molecule has 2 aliphatic heterocycles. The van der Waals surface area contributed by atoms with E-state index < -0.39 is 10.0 Å². The molecule has 0 saturated carbocycles. The van der Waals surface area contributed by atoms with Crippen LogP contribution in [-0.2, 0) is 21.3 Å². The number of nitrogens with zero attached hydrogens (tertiary/aromatic N) is 1. The van der Waals surface area contributed by atoms with Crippen LogP contribution < -0.4 is 4.72 Å². The molecular formula is C18H28N2O3S. The van der Waals surface area contributed by atoms with E-state index in [1.165, 1.54) is 11.1 Å². The first-order chi connectivity index (χ1) is 11.4. The molecule has 2 heterocycles. The summed E-state index contributed by atoms with van der Waals surface area (Å²) in [6, 6.07) is 8.61. The average molecular weight is 353 g/mol. The molecule has 5 nitrogen and oxygen atoms in total. The maximum atomic E-state index is 11.8. The maximum Gasteiger partial charge on any atom is 0.211 e. The van der Waals surface area contributed by atoms with Crippen molar-refractivity contribution in [2.75, 3.05) is 25.4 Å². The maximum absolute atomic E-state index is 11.8. The van der Waals surface area contributed by atoms with E-state index in [1.807, 2.05) is 0 Å². The fraction of sp³-hybridized carbons (Fsp3) is 0.667. The molecule has 1 spiro atoms. The lowest BCUT2D eigenvalue weighted by molar-refractivity contribution is -0.0779. The SMILES string of the molecule is CCS(=O)(=O)N[C@@H]1CCO[C@]2(CCN(Cc3cccc(C)c3)C2)C1. The third-order valence-electron chi connectivity index (χ3n) is 5.10. The van der Waals surface area contributed by atoms with E-state index in [0.29, 0.717) is 6.61 Å². The zero-order chi connectivity index (χ0) is 17.2. The summed E-state index contributed by atoms with van der Waals surface area (Å²) in [6.07, 6.45) is 2.51. The van der Waals surface area contributed by atoms with Gasteiger partial charge >= 0.3 is 0 Å². The second-order valence-corrected chi connectivity index (χ2v) is 9.23. The van der Waals surface area contributed by atoms with Gasteiger partial charge in [-0.1, -0.05) is 29.8 Å². The second kappa shape index (κ2) is 7.12. The number of aryl methyl sites for hydroxylation is 1. The van der Waals surface area contributed by atoms with Gasteiger partial charge in [-0.25, -0.2) is 13.1 Å². The molecule has 2 atom stereocenters. The Balaban J connectivity index is 1.61. The first kappa shape index (κ1) is 17.9. The summed E-state index contributed by atoms with van der Waals surface area (Å²) in [5.74, 6) is 0.136. The summed E-state index contributed by atoms with van der Waals surface area (Å²) >= 11 is 0. The molecular weight excluding hydrogens is 324 g/mol. The smallest absolute Gasteiger partial charge is 0.211 e. The first-order valence-corrected chi connectivity index (χ1v) is 10.5. The largest absolute Gasteiger partial charge is 0.373 e. The summed E-state index contributed by atoms with van der Waals surface area (Å²) in [5, 5.41) is 0. The number of nitrogens with one attached hydrogen (secondary N) is 1. The molecule has 24 heavy (non-hydrogen) atoms. The molecule has 2 fully saturated rings. The van der Waals surface area contributed by atoms with Crippen molar-refractivity contribution in [2.45, 2.75) is 51.3 Å². The first-order valence-electron chi connectivity index (χ1n) is 8.82. The fourth-order valence-corrected chi connectivity index (χ4v) is 4.76. The van der Waals surface area contributed by atoms with Crippen molar-refractivity contribution in [1.82, 2.24) is 9.62 Å².